The predicted molar refractivity (Wildman–Crippen MR) is 100 cm³/mol. The highest BCUT2D eigenvalue weighted by atomic mass is 16.7. The summed E-state index contributed by atoms with van der Waals surface area (Å²) in [6.45, 7) is 0. The normalized spacial score (nSPS) is 16.3. The van der Waals surface area contributed by atoms with E-state index in [-0.39, 0.29) is 5.69 Å². The van der Waals surface area contributed by atoms with Gasteiger partial charge in [0, 0.05) is 23.4 Å². The van der Waals surface area contributed by atoms with Gasteiger partial charge in [0.05, 0.1) is 10.6 Å². The van der Waals surface area contributed by atoms with Gasteiger partial charge in [-0.3, -0.25) is 10.1 Å². The maximum Gasteiger partial charge on any atom is 0.440 e. The number of nitrogens with zero attached hydrogens (tertiary/aromatic N) is 3. The van der Waals surface area contributed by atoms with Crippen LogP contribution in [-0.2, 0) is 4.84 Å². The van der Waals surface area contributed by atoms with E-state index in [1.807, 2.05) is 48.5 Å². The average molecular weight is 361 g/mol. The molecule has 3 aromatic carbocycles. The van der Waals surface area contributed by atoms with E-state index < -0.39 is 17.2 Å². The van der Waals surface area contributed by atoms with Crippen LogP contribution in [0.5, 0.6) is 0 Å². The highest BCUT2D eigenvalue weighted by Gasteiger charge is 2.43. The number of carbonyl (C=O) groups excluding carboxylic acids is 1. The number of nitro benzene ring substituents is 1. The smallest absolute Gasteiger partial charge is 0.319 e. The Labute approximate surface area is 155 Å². The maximum absolute atomic E-state index is 12.7. The van der Waals surface area contributed by atoms with E-state index in [9.17, 15) is 14.9 Å². The highest BCUT2D eigenvalue weighted by molar-refractivity contribution is 5.92. The minimum Gasteiger partial charge on any atom is -0.319 e. The number of benzene rings is 3. The van der Waals surface area contributed by atoms with Gasteiger partial charge in [-0.15, -0.1) is 0 Å². The highest BCUT2D eigenvalue weighted by Crippen LogP contribution is 2.40. The number of carbonyl (C=O) groups is 1. The topological polar surface area (TPSA) is 75.9 Å². The lowest BCUT2D eigenvalue weighted by Crippen LogP contribution is -2.31. The van der Waals surface area contributed by atoms with Crippen molar-refractivity contribution >= 4 is 23.2 Å². The van der Waals surface area contributed by atoms with Gasteiger partial charge in [0.25, 0.3) is 5.69 Å². The van der Waals surface area contributed by atoms with Gasteiger partial charge in [-0.1, -0.05) is 48.5 Å². The number of non-ortho nitro benzene ring substituents is 1. The SMILES string of the molecule is O=C1ON(c2ccccc2)C(c2cccc([N+](=O)[O-])c2)N1c1ccccc1. The number of hydrogen-bond donors (Lipinski definition) is 0. The average Bonchev–Trinajstić information content (AvgIpc) is 3.06. The Bertz CT molecular complexity index is 979. The molecule has 0 aliphatic carbocycles. The molecule has 1 amide bonds. The Balaban J connectivity index is 1.85. The molecule has 27 heavy (non-hydrogen) atoms. The number of amides is 1. The van der Waals surface area contributed by atoms with Crippen molar-refractivity contribution in [3.8, 4) is 0 Å². The van der Waals surface area contributed by atoms with Crippen LogP contribution >= 0.6 is 0 Å². The molecule has 3 aromatic rings. The van der Waals surface area contributed by atoms with Crippen molar-refractivity contribution in [1.82, 2.24) is 0 Å². The molecule has 0 aromatic heterocycles. The van der Waals surface area contributed by atoms with Gasteiger partial charge in [0.1, 0.15) is 0 Å². The first kappa shape index (κ1) is 16.6. The zero-order valence-corrected chi connectivity index (χ0v) is 14.1. The number of nitro groups is 1. The number of anilines is 2. The van der Waals surface area contributed by atoms with Crippen LogP contribution in [-0.4, -0.2) is 11.0 Å². The summed E-state index contributed by atoms with van der Waals surface area (Å²) >= 11 is 0. The fourth-order valence-electron chi connectivity index (χ4n) is 3.07. The molecule has 1 unspecified atom stereocenters. The Kier molecular flexibility index (Phi) is 4.18. The van der Waals surface area contributed by atoms with Crippen LogP contribution in [0.15, 0.2) is 84.9 Å². The lowest BCUT2D eigenvalue weighted by molar-refractivity contribution is -0.384. The van der Waals surface area contributed by atoms with Crippen LogP contribution in [0.2, 0.25) is 0 Å². The molecule has 7 nitrogen and oxygen atoms in total. The van der Waals surface area contributed by atoms with E-state index in [1.165, 1.54) is 22.1 Å². The van der Waals surface area contributed by atoms with Crippen LogP contribution < -0.4 is 9.96 Å². The van der Waals surface area contributed by atoms with Crippen molar-refractivity contribution in [1.29, 1.82) is 0 Å². The second-order valence-corrected chi connectivity index (χ2v) is 5.95. The van der Waals surface area contributed by atoms with Crippen molar-refractivity contribution < 1.29 is 14.6 Å². The minimum atomic E-state index is -0.679. The van der Waals surface area contributed by atoms with Crippen molar-refractivity contribution in [3.05, 3.63) is 101 Å². The summed E-state index contributed by atoms with van der Waals surface area (Å²) in [5, 5.41) is 12.7. The van der Waals surface area contributed by atoms with E-state index in [1.54, 1.807) is 24.3 Å². The summed E-state index contributed by atoms with van der Waals surface area (Å²) in [6, 6.07) is 24.4. The third-order valence-corrected chi connectivity index (χ3v) is 4.26. The van der Waals surface area contributed by atoms with Gasteiger partial charge in [0.2, 0.25) is 0 Å². The lowest BCUT2D eigenvalue weighted by Gasteiger charge is -2.27. The van der Waals surface area contributed by atoms with E-state index >= 15 is 0 Å². The second kappa shape index (κ2) is 6.80. The third kappa shape index (κ3) is 3.06. The van der Waals surface area contributed by atoms with Gasteiger partial charge < -0.3 is 4.84 Å². The lowest BCUT2D eigenvalue weighted by atomic mass is 10.1. The number of hydrogen-bond acceptors (Lipinski definition) is 5. The molecule has 1 fully saturated rings. The molecule has 4 rings (SSSR count). The van der Waals surface area contributed by atoms with Crippen molar-refractivity contribution in [2.24, 2.45) is 0 Å². The van der Waals surface area contributed by atoms with E-state index in [0.29, 0.717) is 16.9 Å². The zero-order chi connectivity index (χ0) is 18.8. The fourth-order valence-corrected chi connectivity index (χ4v) is 3.07. The molecule has 0 saturated carbocycles. The summed E-state index contributed by atoms with van der Waals surface area (Å²) in [5.41, 5.74) is 1.83. The molecule has 1 aliphatic heterocycles. The Hall–Kier alpha value is -3.87. The Morgan fingerprint density at radius 3 is 2.11 bits per heavy atom. The van der Waals surface area contributed by atoms with E-state index in [4.69, 9.17) is 4.84 Å². The minimum absolute atomic E-state index is 0.0483. The zero-order valence-electron chi connectivity index (χ0n) is 14.1. The van der Waals surface area contributed by atoms with E-state index in [2.05, 4.69) is 0 Å². The second-order valence-electron chi connectivity index (χ2n) is 5.95. The molecule has 1 saturated heterocycles. The van der Waals surface area contributed by atoms with Crippen LogP contribution in [0.3, 0.4) is 0 Å². The molecular weight excluding hydrogens is 346 g/mol. The van der Waals surface area contributed by atoms with Crippen LogP contribution in [0, 0.1) is 10.1 Å². The van der Waals surface area contributed by atoms with Gasteiger partial charge >= 0.3 is 6.09 Å². The summed E-state index contributed by atoms with van der Waals surface area (Å²) in [4.78, 5) is 30.5. The molecule has 0 bridgehead atoms. The Morgan fingerprint density at radius 1 is 0.852 bits per heavy atom. The molecule has 7 heteroatoms. The standard InChI is InChI=1S/C20H15N3O4/c24-20-21(16-9-3-1-4-10-16)19(15-8-7-13-18(14-15)23(25)26)22(27-20)17-11-5-2-6-12-17/h1-14,19H. The molecule has 0 spiro atoms. The maximum atomic E-state index is 12.7. The largest absolute Gasteiger partial charge is 0.440 e. The van der Waals surface area contributed by atoms with Gasteiger partial charge in [0.15, 0.2) is 6.17 Å². The number of para-hydroxylation sites is 2. The molecule has 1 atom stereocenters. The van der Waals surface area contributed by atoms with Crippen molar-refractivity contribution in [2.45, 2.75) is 6.17 Å². The molecule has 1 heterocycles. The summed E-state index contributed by atoms with van der Waals surface area (Å²) in [7, 11) is 0. The van der Waals surface area contributed by atoms with E-state index in [0.717, 1.165) is 0 Å². The van der Waals surface area contributed by atoms with Gasteiger partial charge in [-0.05, 0) is 24.3 Å². The summed E-state index contributed by atoms with van der Waals surface area (Å²) < 4.78 is 0. The van der Waals surface area contributed by atoms with Gasteiger partial charge in [-0.25, -0.2) is 9.69 Å². The quantitative estimate of drug-likeness (QED) is 0.498. The number of hydroxylamine groups is 1. The first-order valence-electron chi connectivity index (χ1n) is 8.30. The molecule has 0 radical (unpaired) electrons. The molecular formula is C20H15N3O4. The number of rotatable bonds is 4. The van der Waals surface area contributed by atoms with Crippen LogP contribution in [0.4, 0.5) is 21.9 Å². The fraction of sp³-hybridized carbons (Fsp3) is 0.0500. The molecule has 134 valence electrons. The molecule has 0 N–H and O–H groups in total. The van der Waals surface area contributed by atoms with Gasteiger partial charge in [-0.2, -0.15) is 5.06 Å². The predicted octanol–water partition coefficient (Wildman–Crippen LogP) is 4.67. The molecule has 1 aliphatic rings. The van der Waals surface area contributed by atoms with Crippen LogP contribution in [0.25, 0.3) is 0 Å². The first-order chi connectivity index (χ1) is 13.1. The third-order valence-electron chi connectivity index (χ3n) is 4.26. The summed E-state index contributed by atoms with van der Waals surface area (Å²) in [5.74, 6) is 0. The summed E-state index contributed by atoms with van der Waals surface area (Å²) in [6.07, 6.45) is -1.23. The first-order valence-corrected chi connectivity index (χ1v) is 8.30. The van der Waals surface area contributed by atoms with Crippen molar-refractivity contribution in [2.75, 3.05) is 9.96 Å². The van der Waals surface area contributed by atoms with Crippen LogP contribution in [0.1, 0.15) is 11.7 Å². The monoisotopic (exact) mass is 361 g/mol. The van der Waals surface area contributed by atoms with Crippen molar-refractivity contribution in [3.63, 3.8) is 0 Å². The Morgan fingerprint density at radius 2 is 1.48 bits per heavy atom.